The fourth-order valence-electron chi connectivity index (χ4n) is 1.38. The summed E-state index contributed by atoms with van der Waals surface area (Å²) in [7, 11) is 4.21. The monoisotopic (exact) mass is 318 g/mol. The van der Waals surface area contributed by atoms with Crippen LogP contribution in [0, 0.1) is 0 Å². The summed E-state index contributed by atoms with van der Waals surface area (Å²) in [5.41, 5.74) is 0.339. The molecule has 1 aromatic carbocycles. The molecule has 0 aromatic heterocycles. The zero-order valence-corrected chi connectivity index (χ0v) is 12.3. The van der Waals surface area contributed by atoms with Crippen LogP contribution in [0.5, 0.6) is 0 Å². The molecule has 0 amide bonds. The molecule has 0 aliphatic rings. The van der Waals surface area contributed by atoms with E-state index in [9.17, 15) is 0 Å². The predicted molar refractivity (Wildman–Crippen MR) is 69.2 cm³/mol. The van der Waals surface area contributed by atoms with Crippen molar-refractivity contribution in [1.29, 1.82) is 0 Å². The normalized spacial score (nSPS) is 11.9. The highest BCUT2D eigenvalue weighted by molar-refractivity contribution is 6.52. The molecule has 0 saturated carbocycles. The van der Waals surface area contributed by atoms with Gasteiger partial charge in [-0.2, -0.15) is 0 Å². The quantitative estimate of drug-likeness (QED) is 0.469. The summed E-state index contributed by atoms with van der Waals surface area (Å²) in [6.07, 6.45) is 0. The molecule has 0 bridgehead atoms. The number of halogens is 4. The second-order valence-corrected chi connectivity index (χ2v) is 4.56. The van der Waals surface area contributed by atoms with E-state index in [1.807, 2.05) is 0 Å². The van der Waals surface area contributed by atoms with E-state index < -0.39 is 5.97 Å². The highest BCUT2D eigenvalue weighted by Crippen LogP contribution is 2.43. The average Bonchev–Trinajstić information content (AvgIpc) is 2.35. The molecule has 0 aliphatic carbocycles. The van der Waals surface area contributed by atoms with Gasteiger partial charge in [0, 0.05) is 21.3 Å². The lowest BCUT2D eigenvalue weighted by Crippen LogP contribution is -2.33. The summed E-state index contributed by atoms with van der Waals surface area (Å²) in [5.74, 6) is -1.48. The van der Waals surface area contributed by atoms with Crippen LogP contribution in [-0.4, -0.2) is 21.3 Å². The number of methoxy groups -OCH3 is 3. The Labute approximate surface area is 119 Å². The molecule has 0 fully saturated rings. The van der Waals surface area contributed by atoms with Crippen molar-refractivity contribution in [3.63, 3.8) is 0 Å². The van der Waals surface area contributed by atoms with Gasteiger partial charge < -0.3 is 14.2 Å². The Balaban J connectivity index is 3.50. The second-order valence-electron chi connectivity index (χ2n) is 3.02. The zero-order chi connectivity index (χ0) is 13.2. The molecular weight excluding hydrogens is 310 g/mol. The lowest BCUT2D eigenvalue weighted by Gasteiger charge is -2.30. The van der Waals surface area contributed by atoms with E-state index in [-0.39, 0.29) is 20.1 Å². The Morgan fingerprint density at radius 1 is 0.824 bits per heavy atom. The van der Waals surface area contributed by atoms with Crippen molar-refractivity contribution in [2.24, 2.45) is 0 Å². The van der Waals surface area contributed by atoms with E-state index in [4.69, 9.17) is 60.6 Å². The Morgan fingerprint density at radius 2 is 1.29 bits per heavy atom. The van der Waals surface area contributed by atoms with Crippen LogP contribution in [-0.2, 0) is 20.2 Å². The molecule has 0 spiro atoms. The van der Waals surface area contributed by atoms with Gasteiger partial charge in [0.2, 0.25) is 0 Å². The first-order chi connectivity index (χ1) is 7.93. The van der Waals surface area contributed by atoms with Crippen molar-refractivity contribution in [2.75, 3.05) is 21.3 Å². The van der Waals surface area contributed by atoms with Gasteiger partial charge in [-0.15, -0.1) is 0 Å². The standard InChI is InChI=1S/C10H10Cl4O3/c1-15-10(16-2,17-3)5-4-6(11)8(13)9(14)7(5)12/h4H,1-3H3. The van der Waals surface area contributed by atoms with E-state index in [1.54, 1.807) is 0 Å². The number of benzene rings is 1. The first-order valence-electron chi connectivity index (χ1n) is 4.42. The van der Waals surface area contributed by atoms with Crippen molar-refractivity contribution in [1.82, 2.24) is 0 Å². The molecule has 17 heavy (non-hydrogen) atoms. The molecule has 0 N–H and O–H groups in total. The molecule has 1 aromatic rings. The topological polar surface area (TPSA) is 27.7 Å². The molecule has 0 atom stereocenters. The molecule has 0 unspecified atom stereocenters. The predicted octanol–water partition coefficient (Wildman–Crippen LogP) is 4.35. The maximum atomic E-state index is 6.08. The molecule has 1 rings (SSSR count). The average molecular weight is 320 g/mol. The van der Waals surface area contributed by atoms with Crippen LogP contribution < -0.4 is 0 Å². The van der Waals surface area contributed by atoms with E-state index in [2.05, 4.69) is 0 Å². The van der Waals surface area contributed by atoms with Crippen molar-refractivity contribution in [2.45, 2.75) is 5.97 Å². The van der Waals surface area contributed by atoms with E-state index in [0.717, 1.165) is 0 Å². The summed E-state index contributed by atoms with van der Waals surface area (Å²) in [6, 6.07) is 1.48. The molecule has 3 nitrogen and oxygen atoms in total. The van der Waals surface area contributed by atoms with Crippen molar-refractivity contribution < 1.29 is 14.2 Å². The van der Waals surface area contributed by atoms with Crippen molar-refractivity contribution in [3.05, 3.63) is 31.7 Å². The Kier molecular flexibility index (Phi) is 5.35. The fourth-order valence-corrected chi connectivity index (χ4v) is 2.29. The molecular formula is C10H10Cl4O3. The third-order valence-electron chi connectivity index (χ3n) is 2.24. The van der Waals surface area contributed by atoms with Crippen molar-refractivity contribution >= 4 is 46.4 Å². The SMILES string of the molecule is COC(OC)(OC)c1cc(Cl)c(Cl)c(Cl)c1Cl. The Hall–Kier alpha value is 0.260. The largest absolute Gasteiger partial charge is 0.327 e. The molecule has 96 valence electrons. The molecule has 0 aliphatic heterocycles. The van der Waals surface area contributed by atoms with Gasteiger partial charge in [0.15, 0.2) is 0 Å². The van der Waals surface area contributed by atoms with Gasteiger partial charge in [-0.05, 0) is 6.07 Å². The summed E-state index contributed by atoms with van der Waals surface area (Å²) >= 11 is 23.8. The van der Waals surface area contributed by atoms with Crippen LogP contribution in [0.4, 0.5) is 0 Å². The summed E-state index contributed by atoms with van der Waals surface area (Å²) in [4.78, 5) is 0. The number of ether oxygens (including phenoxy) is 3. The van der Waals surface area contributed by atoms with E-state index in [1.165, 1.54) is 27.4 Å². The van der Waals surface area contributed by atoms with Gasteiger partial charge in [-0.1, -0.05) is 46.4 Å². The molecule has 7 heteroatoms. The van der Waals surface area contributed by atoms with E-state index >= 15 is 0 Å². The maximum absolute atomic E-state index is 6.08. The third-order valence-corrected chi connectivity index (χ3v) is 3.99. The number of hydrogen-bond donors (Lipinski definition) is 0. The highest BCUT2D eigenvalue weighted by Gasteiger charge is 2.36. The number of rotatable bonds is 4. The summed E-state index contributed by atoms with van der Waals surface area (Å²) in [6.45, 7) is 0. The maximum Gasteiger partial charge on any atom is 0.312 e. The van der Waals surface area contributed by atoms with Crippen LogP contribution in [0.25, 0.3) is 0 Å². The van der Waals surface area contributed by atoms with Gasteiger partial charge >= 0.3 is 5.97 Å². The number of hydrogen-bond acceptors (Lipinski definition) is 3. The minimum absolute atomic E-state index is 0.117. The van der Waals surface area contributed by atoms with E-state index in [0.29, 0.717) is 5.56 Å². The summed E-state index contributed by atoms with van der Waals surface area (Å²) in [5, 5.41) is 0.670. The van der Waals surface area contributed by atoms with Crippen LogP contribution in [0.3, 0.4) is 0 Å². The fraction of sp³-hybridized carbons (Fsp3) is 0.400. The summed E-state index contributed by atoms with van der Waals surface area (Å²) < 4.78 is 15.5. The van der Waals surface area contributed by atoms with Gasteiger partial charge in [0.25, 0.3) is 0 Å². The van der Waals surface area contributed by atoms with Crippen molar-refractivity contribution in [3.8, 4) is 0 Å². The second kappa shape index (κ2) is 5.93. The minimum Gasteiger partial charge on any atom is -0.327 e. The first kappa shape index (κ1) is 15.3. The van der Waals surface area contributed by atoms with Crippen LogP contribution in [0.2, 0.25) is 20.1 Å². The lowest BCUT2D eigenvalue weighted by molar-refractivity contribution is -0.364. The Bertz CT molecular complexity index is 410. The van der Waals surface area contributed by atoms with Crippen LogP contribution >= 0.6 is 46.4 Å². The minimum atomic E-state index is -1.48. The smallest absolute Gasteiger partial charge is 0.312 e. The highest BCUT2D eigenvalue weighted by atomic mass is 35.5. The van der Waals surface area contributed by atoms with Crippen LogP contribution in [0.1, 0.15) is 5.56 Å². The third kappa shape index (κ3) is 2.66. The molecule has 0 heterocycles. The molecule has 0 saturated heterocycles. The van der Waals surface area contributed by atoms with Gasteiger partial charge in [0.05, 0.1) is 25.7 Å². The Morgan fingerprint density at radius 3 is 1.71 bits per heavy atom. The molecule has 0 radical (unpaired) electrons. The van der Waals surface area contributed by atoms with Gasteiger partial charge in [-0.25, -0.2) is 0 Å². The zero-order valence-electron chi connectivity index (χ0n) is 9.31. The van der Waals surface area contributed by atoms with Gasteiger partial charge in [-0.3, -0.25) is 0 Å². The first-order valence-corrected chi connectivity index (χ1v) is 5.93. The van der Waals surface area contributed by atoms with Crippen LogP contribution in [0.15, 0.2) is 6.07 Å². The lowest BCUT2D eigenvalue weighted by atomic mass is 10.2. The van der Waals surface area contributed by atoms with Gasteiger partial charge in [0.1, 0.15) is 0 Å².